The summed E-state index contributed by atoms with van der Waals surface area (Å²) >= 11 is 0. The van der Waals surface area contributed by atoms with E-state index in [0.717, 1.165) is 19.3 Å². The molecule has 0 amide bonds. The summed E-state index contributed by atoms with van der Waals surface area (Å²) < 4.78 is 37.5. The Balaban J connectivity index is 1.95. The second-order valence-electron chi connectivity index (χ2n) is 6.99. The fourth-order valence-corrected chi connectivity index (χ4v) is 5.10. The van der Waals surface area contributed by atoms with E-state index in [1.54, 1.807) is 13.8 Å². The maximum Gasteiger partial charge on any atom is 0.324 e. The lowest BCUT2D eigenvalue weighted by Crippen LogP contribution is -2.47. The molecule has 1 N–H and O–H groups in total. The van der Waals surface area contributed by atoms with Crippen LogP contribution in [0.15, 0.2) is 0 Å². The average molecular weight is 333 g/mol. The highest BCUT2D eigenvalue weighted by Crippen LogP contribution is 2.46. The van der Waals surface area contributed by atoms with E-state index in [1.165, 1.54) is 20.0 Å². The number of methoxy groups -OCH3 is 1. The van der Waals surface area contributed by atoms with Gasteiger partial charge >= 0.3 is 5.97 Å². The van der Waals surface area contributed by atoms with Gasteiger partial charge in [-0.1, -0.05) is 26.7 Å². The van der Waals surface area contributed by atoms with Gasteiger partial charge in [0, 0.05) is 0 Å². The first-order valence-corrected chi connectivity index (χ1v) is 9.62. The maximum atomic E-state index is 12.3. The van der Waals surface area contributed by atoms with Gasteiger partial charge in [-0.3, -0.25) is 4.79 Å². The van der Waals surface area contributed by atoms with Crippen molar-refractivity contribution >= 4 is 16.0 Å². The number of esters is 1. The third-order valence-electron chi connectivity index (χ3n) is 4.78. The Kier molecular flexibility index (Phi) is 5.50. The molecule has 0 radical (unpaired) electrons. The Labute approximate surface area is 133 Å². The molecule has 0 aromatic carbocycles. The van der Waals surface area contributed by atoms with Gasteiger partial charge in [0.2, 0.25) is 10.0 Å². The first kappa shape index (κ1) is 17.7. The van der Waals surface area contributed by atoms with E-state index in [2.05, 4.69) is 9.46 Å². The smallest absolute Gasteiger partial charge is 0.324 e. The summed E-state index contributed by atoms with van der Waals surface area (Å²) in [7, 11) is -2.33. The molecule has 2 aliphatic rings. The fraction of sp³-hybridized carbons (Fsp3) is 0.933. The van der Waals surface area contributed by atoms with Gasteiger partial charge in [-0.15, -0.1) is 0 Å². The fourth-order valence-electron chi connectivity index (χ4n) is 3.55. The third-order valence-corrected chi connectivity index (χ3v) is 6.21. The number of carbonyl (C=O) groups excluding carboxylic acids is 1. The van der Waals surface area contributed by atoms with Crippen LogP contribution >= 0.6 is 0 Å². The van der Waals surface area contributed by atoms with Crippen molar-refractivity contribution < 1.29 is 22.7 Å². The molecule has 128 valence electrons. The summed E-state index contributed by atoms with van der Waals surface area (Å²) in [5, 5.41) is 0. The standard InChI is InChI=1S/C15H27NO5S/c1-11(2)13(14(17)20-3)16-22(18,19)9-12-8-15(10-21-12)6-4-5-7-15/h11-13,16H,4-10H2,1-3H3/t12?,13-/m0/s1. The van der Waals surface area contributed by atoms with E-state index < -0.39 is 22.0 Å². The monoisotopic (exact) mass is 333 g/mol. The number of sulfonamides is 1. The molecule has 1 saturated carbocycles. The maximum absolute atomic E-state index is 12.3. The van der Waals surface area contributed by atoms with Crippen LogP contribution in [0.4, 0.5) is 0 Å². The SMILES string of the molecule is COC(=O)[C@@H](NS(=O)(=O)CC1CC2(CCCC2)CO1)C(C)C. The zero-order valence-electron chi connectivity index (χ0n) is 13.6. The van der Waals surface area contributed by atoms with Crippen molar-refractivity contribution in [3.63, 3.8) is 0 Å². The van der Waals surface area contributed by atoms with Gasteiger partial charge in [0.1, 0.15) is 6.04 Å². The number of hydrogen-bond acceptors (Lipinski definition) is 5. The minimum atomic E-state index is -3.59. The predicted octanol–water partition coefficient (Wildman–Crippen LogP) is 1.45. The molecule has 1 aliphatic carbocycles. The normalized spacial score (nSPS) is 25.7. The number of carbonyl (C=O) groups is 1. The lowest BCUT2D eigenvalue weighted by molar-refractivity contribution is -0.143. The van der Waals surface area contributed by atoms with Gasteiger partial charge in [0.05, 0.1) is 25.6 Å². The Morgan fingerprint density at radius 2 is 2.00 bits per heavy atom. The highest BCUT2D eigenvalue weighted by Gasteiger charge is 2.43. The highest BCUT2D eigenvalue weighted by molar-refractivity contribution is 7.89. The molecule has 1 spiro atoms. The largest absolute Gasteiger partial charge is 0.468 e. The Hall–Kier alpha value is -0.660. The van der Waals surface area contributed by atoms with Gasteiger partial charge in [0.15, 0.2) is 0 Å². The van der Waals surface area contributed by atoms with Crippen molar-refractivity contribution in [2.45, 2.75) is 58.1 Å². The van der Waals surface area contributed by atoms with Crippen LogP contribution in [0, 0.1) is 11.3 Å². The van der Waals surface area contributed by atoms with Crippen molar-refractivity contribution in [3.05, 3.63) is 0 Å². The molecule has 6 nitrogen and oxygen atoms in total. The molecule has 22 heavy (non-hydrogen) atoms. The summed E-state index contributed by atoms with van der Waals surface area (Å²) in [6.45, 7) is 4.23. The van der Waals surface area contributed by atoms with Crippen LogP contribution in [0.2, 0.25) is 0 Å². The molecule has 1 saturated heterocycles. The van der Waals surface area contributed by atoms with E-state index >= 15 is 0 Å². The van der Waals surface area contributed by atoms with Crippen molar-refractivity contribution in [2.24, 2.45) is 11.3 Å². The molecule has 0 aromatic heterocycles. The summed E-state index contributed by atoms with van der Waals surface area (Å²) in [4.78, 5) is 11.7. The van der Waals surface area contributed by atoms with Gasteiger partial charge in [0.25, 0.3) is 0 Å². The molecular weight excluding hydrogens is 306 g/mol. The van der Waals surface area contributed by atoms with Gasteiger partial charge in [-0.05, 0) is 30.6 Å². The molecular formula is C15H27NO5S. The third kappa shape index (κ3) is 4.20. The summed E-state index contributed by atoms with van der Waals surface area (Å²) in [6, 6.07) is -0.850. The van der Waals surface area contributed by atoms with Crippen LogP contribution in [-0.4, -0.2) is 46.0 Å². The second-order valence-corrected chi connectivity index (χ2v) is 8.79. The zero-order chi connectivity index (χ0) is 16.4. The molecule has 0 aromatic rings. The van der Waals surface area contributed by atoms with Crippen LogP contribution in [0.5, 0.6) is 0 Å². The Morgan fingerprint density at radius 3 is 2.55 bits per heavy atom. The van der Waals surface area contributed by atoms with E-state index in [0.29, 0.717) is 6.61 Å². The van der Waals surface area contributed by atoms with Crippen molar-refractivity contribution in [1.29, 1.82) is 0 Å². The average Bonchev–Trinajstić information content (AvgIpc) is 3.05. The van der Waals surface area contributed by atoms with Crippen molar-refractivity contribution in [1.82, 2.24) is 4.72 Å². The van der Waals surface area contributed by atoms with Crippen LogP contribution in [0.25, 0.3) is 0 Å². The summed E-state index contributed by atoms with van der Waals surface area (Å²) in [6.07, 6.45) is 5.21. The molecule has 0 bridgehead atoms. The number of hydrogen-bond donors (Lipinski definition) is 1. The number of ether oxygens (including phenoxy) is 2. The van der Waals surface area contributed by atoms with E-state index in [1.807, 2.05) is 0 Å². The topological polar surface area (TPSA) is 81.7 Å². The van der Waals surface area contributed by atoms with E-state index in [4.69, 9.17) is 4.74 Å². The first-order chi connectivity index (χ1) is 10.3. The van der Waals surface area contributed by atoms with Gasteiger partial charge in [-0.25, -0.2) is 13.1 Å². The predicted molar refractivity (Wildman–Crippen MR) is 82.8 cm³/mol. The molecule has 1 unspecified atom stereocenters. The number of rotatable bonds is 6. The van der Waals surface area contributed by atoms with Crippen LogP contribution < -0.4 is 4.72 Å². The minimum absolute atomic E-state index is 0.0883. The van der Waals surface area contributed by atoms with Crippen molar-refractivity contribution in [2.75, 3.05) is 19.5 Å². The Morgan fingerprint density at radius 1 is 1.36 bits per heavy atom. The molecule has 1 heterocycles. The van der Waals surface area contributed by atoms with Crippen LogP contribution in [-0.2, 0) is 24.3 Å². The van der Waals surface area contributed by atoms with E-state index in [-0.39, 0.29) is 23.2 Å². The molecule has 7 heteroatoms. The molecule has 1 aliphatic heterocycles. The molecule has 2 atom stereocenters. The van der Waals surface area contributed by atoms with E-state index in [9.17, 15) is 13.2 Å². The molecule has 2 fully saturated rings. The molecule has 2 rings (SSSR count). The minimum Gasteiger partial charge on any atom is -0.468 e. The van der Waals surface area contributed by atoms with Gasteiger partial charge in [-0.2, -0.15) is 0 Å². The van der Waals surface area contributed by atoms with Crippen molar-refractivity contribution in [3.8, 4) is 0 Å². The van der Waals surface area contributed by atoms with Crippen LogP contribution in [0.1, 0.15) is 46.0 Å². The van der Waals surface area contributed by atoms with Gasteiger partial charge < -0.3 is 9.47 Å². The van der Waals surface area contributed by atoms with Crippen LogP contribution in [0.3, 0.4) is 0 Å². The summed E-state index contributed by atoms with van der Waals surface area (Å²) in [5.41, 5.74) is 0.194. The zero-order valence-corrected chi connectivity index (χ0v) is 14.4. The lowest BCUT2D eigenvalue weighted by atomic mass is 9.84. The summed E-state index contributed by atoms with van der Waals surface area (Å²) in [5.74, 6) is -0.819. The quantitative estimate of drug-likeness (QED) is 0.744. The first-order valence-electron chi connectivity index (χ1n) is 7.96. The second kappa shape index (κ2) is 6.84. The Bertz CT molecular complexity index is 496. The highest BCUT2D eigenvalue weighted by atomic mass is 32.2. The number of nitrogens with one attached hydrogen (secondary N) is 1. The lowest BCUT2D eigenvalue weighted by Gasteiger charge is -2.21.